The number of nitrogens with zero attached hydrogens (tertiary/aromatic N) is 1. The Morgan fingerprint density at radius 2 is 1.92 bits per heavy atom. The third-order valence-electron chi connectivity index (χ3n) is 5.89. The molecular formula is C20H28N2O4. The van der Waals surface area contributed by atoms with E-state index < -0.39 is 17.4 Å². The topological polar surface area (TPSA) is 78.9 Å². The van der Waals surface area contributed by atoms with Gasteiger partial charge in [-0.25, -0.2) is 5.48 Å². The lowest BCUT2D eigenvalue weighted by Crippen LogP contribution is -2.47. The molecule has 2 amide bonds. The molecule has 0 aromatic heterocycles. The van der Waals surface area contributed by atoms with E-state index in [2.05, 4.69) is 0 Å². The number of hydrogen-bond acceptors (Lipinski definition) is 4. The lowest BCUT2D eigenvalue weighted by atomic mass is 9.81. The van der Waals surface area contributed by atoms with Crippen molar-refractivity contribution in [3.8, 4) is 5.75 Å². The zero-order valence-electron chi connectivity index (χ0n) is 15.5. The highest BCUT2D eigenvalue weighted by Crippen LogP contribution is 2.37. The van der Waals surface area contributed by atoms with Crippen molar-refractivity contribution in [1.82, 2.24) is 10.4 Å². The largest absolute Gasteiger partial charge is 0.490 e. The van der Waals surface area contributed by atoms with Crippen molar-refractivity contribution in [1.29, 1.82) is 0 Å². The average molecular weight is 360 g/mol. The molecule has 6 heteroatoms. The minimum Gasteiger partial charge on any atom is -0.490 e. The molecule has 1 aromatic carbocycles. The van der Waals surface area contributed by atoms with Crippen molar-refractivity contribution in [2.24, 2.45) is 0 Å². The van der Waals surface area contributed by atoms with Crippen molar-refractivity contribution < 1.29 is 19.5 Å². The molecular weight excluding hydrogens is 332 g/mol. The molecule has 2 fully saturated rings. The molecule has 1 aliphatic carbocycles. The van der Waals surface area contributed by atoms with Gasteiger partial charge in [0.2, 0.25) is 5.91 Å². The maximum absolute atomic E-state index is 12.9. The molecule has 1 heterocycles. The van der Waals surface area contributed by atoms with Crippen LogP contribution in [0.25, 0.3) is 0 Å². The van der Waals surface area contributed by atoms with Crippen LogP contribution in [0, 0.1) is 0 Å². The first-order valence-corrected chi connectivity index (χ1v) is 9.48. The van der Waals surface area contributed by atoms with Crippen LogP contribution in [0.5, 0.6) is 5.75 Å². The molecule has 2 aliphatic rings. The van der Waals surface area contributed by atoms with Gasteiger partial charge < -0.3 is 9.64 Å². The molecule has 142 valence electrons. The Morgan fingerprint density at radius 1 is 1.27 bits per heavy atom. The van der Waals surface area contributed by atoms with Crippen LogP contribution in [0.4, 0.5) is 0 Å². The van der Waals surface area contributed by atoms with Gasteiger partial charge in [0, 0.05) is 6.54 Å². The normalized spacial score (nSPS) is 25.2. The number of ether oxygens (including phenoxy) is 1. The number of benzene rings is 1. The van der Waals surface area contributed by atoms with Gasteiger partial charge in [0.05, 0.1) is 11.5 Å². The first kappa shape index (κ1) is 18.7. The predicted octanol–water partition coefficient (Wildman–Crippen LogP) is 2.78. The van der Waals surface area contributed by atoms with Crippen molar-refractivity contribution in [3.63, 3.8) is 0 Å². The van der Waals surface area contributed by atoms with Crippen LogP contribution in [0.15, 0.2) is 24.3 Å². The molecule has 26 heavy (non-hydrogen) atoms. The molecule has 0 spiro atoms. The van der Waals surface area contributed by atoms with Crippen molar-refractivity contribution >= 4 is 11.8 Å². The summed E-state index contributed by atoms with van der Waals surface area (Å²) in [5, 5.41) is 8.81. The standard InChI is InChI=1S/C20H28N2O4/c1-14(18(23)21-25)22-13-12-20(2,19(22)24)15-8-10-17(11-9-15)26-16-6-4-3-5-7-16/h8-11,14,16,25H,3-7,12-13H2,1-2H3,(H,21,23). The van der Waals surface area contributed by atoms with Gasteiger partial charge in [0.1, 0.15) is 11.8 Å². The quantitative estimate of drug-likeness (QED) is 0.625. The van der Waals surface area contributed by atoms with Crippen LogP contribution >= 0.6 is 0 Å². The predicted molar refractivity (Wildman–Crippen MR) is 97.0 cm³/mol. The Morgan fingerprint density at radius 3 is 2.54 bits per heavy atom. The van der Waals surface area contributed by atoms with Gasteiger partial charge in [-0.15, -0.1) is 0 Å². The van der Waals surface area contributed by atoms with E-state index in [4.69, 9.17) is 9.94 Å². The van der Waals surface area contributed by atoms with Gasteiger partial charge in [0.25, 0.3) is 5.91 Å². The van der Waals surface area contributed by atoms with E-state index in [0.29, 0.717) is 19.1 Å². The molecule has 2 N–H and O–H groups in total. The summed E-state index contributed by atoms with van der Waals surface area (Å²) in [5.41, 5.74) is 1.90. The van der Waals surface area contributed by atoms with Crippen LogP contribution < -0.4 is 10.2 Å². The van der Waals surface area contributed by atoms with E-state index in [1.54, 1.807) is 12.4 Å². The van der Waals surface area contributed by atoms with Gasteiger partial charge in [-0.1, -0.05) is 18.6 Å². The van der Waals surface area contributed by atoms with Gasteiger partial charge in [0.15, 0.2) is 0 Å². The number of likely N-dealkylation sites (tertiary alicyclic amines) is 1. The summed E-state index contributed by atoms with van der Waals surface area (Å²) in [6.45, 7) is 4.02. The fourth-order valence-corrected chi connectivity index (χ4v) is 4.02. The van der Waals surface area contributed by atoms with Crippen LogP contribution in [0.1, 0.15) is 57.9 Å². The van der Waals surface area contributed by atoms with E-state index >= 15 is 0 Å². The number of hydroxylamine groups is 1. The summed E-state index contributed by atoms with van der Waals surface area (Å²) in [6, 6.07) is 7.10. The minimum atomic E-state index is -0.691. The highest BCUT2D eigenvalue weighted by Gasteiger charge is 2.46. The average Bonchev–Trinajstić information content (AvgIpc) is 2.98. The van der Waals surface area contributed by atoms with Crippen LogP contribution in [0.2, 0.25) is 0 Å². The van der Waals surface area contributed by atoms with E-state index in [1.165, 1.54) is 24.2 Å². The maximum Gasteiger partial charge on any atom is 0.265 e. The van der Waals surface area contributed by atoms with Crippen molar-refractivity contribution in [2.75, 3.05) is 6.54 Å². The molecule has 2 atom stereocenters. The molecule has 0 radical (unpaired) electrons. The molecule has 2 unspecified atom stereocenters. The zero-order valence-corrected chi connectivity index (χ0v) is 15.5. The first-order chi connectivity index (χ1) is 12.5. The second kappa shape index (κ2) is 7.66. The molecule has 1 aromatic rings. The monoisotopic (exact) mass is 360 g/mol. The first-order valence-electron chi connectivity index (χ1n) is 9.48. The Hall–Kier alpha value is -2.08. The lowest BCUT2D eigenvalue weighted by Gasteiger charge is -2.27. The van der Waals surface area contributed by atoms with Crippen LogP contribution in [-0.2, 0) is 15.0 Å². The van der Waals surface area contributed by atoms with Gasteiger partial charge in [-0.2, -0.15) is 0 Å². The second-order valence-corrected chi connectivity index (χ2v) is 7.63. The fourth-order valence-electron chi connectivity index (χ4n) is 4.02. The van der Waals surface area contributed by atoms with E-state index in [-0.39, 0.29) is 5.91 Å². The Labute approximate surface area is 154 Å². The molecule has 0 bridgehead atoms. The lowest BCUT2D eigenvalue weighted by molar-refractivity contribution is -0.143. The zero-order chi connectivity index (χ0) is 18.7. The smallest absolute Gasteiger partial charge is 0.265 e. The number of amides is 2. The third-order valence-corrected chi connectivity index (χ3v) is 5.89. The number of rotatable bonds is 5. The molecule has 6 nitrogen and oxygen atoms in total. The van der Waals surface area contributed by atoms with Crippen molar-refractivity contribution in [3.05, 3.63) is 29.8 Å². The maximum atomic E-state index is 12.9. The number of carbonyl (C=O) groups is 2. The summed E-state index contributed by atoms with van der Waals surface area (Å²) < 4.78 is 6.06. The fraction of sp³-hybridized carbons (Fsp3) is 0.600. The Kier molecular flexibility index (Phi) is 5.51. The molecule has 1 aliphatic heterocycles. The molecule has 1 saturated heterocycles. The SMILES string of the molecule is CC(C(=O)NO)N1CCC(C)(c2ccc(OC3CCCCC3)cc2)C1=O. The Balaban J connectivity index is 1.70. The van der Waals surface area contributed by atoms with Crippen molar-refractivity contribution in [2.45, 2.75) is 69.9 Å². The Bertz CT molecular complexity index is 654. The van der Waals surface area contributed by atoms with Gasteiger partial charge >= 0.3 is 0 Å². The summed E-state index contributed by atoms with van der Waals surface area (Å²) >= 11 is 0. The van der Waals surface area contributed by atoms with E-state index in [9.17, 15) is 9.59 Å². The van der Waals surface area contributed by atoms with Crippen LogP contribution in [-0.4, -0.2) is 40.6 Å². The second-order valence-electron chi connectivity index (χ2n) is 7.63. The minimum absolute atomic E-state index is 0.0884. The highest BCUT2D eigenvalue weighted by atomic mass is 16.5. The van der Waals surface area contributed by atoms with Gasteiger partial charge in [-0.05, 0) is 63.6 Å². The summed E-state index contributed by atoms with van der Waals surface area (Å²) in [4.78, 5) is 26.1. The van der Waals surface area contributed by atoms with Gasteiger partial charge in [-0.3, -0.25) is 14.8 Å². The summed E-state index contributed by atoms with van der Waals surface area (Å²) in [7, 11) is 0. The van der Waals surface area contributed by atoms with E-state index in [1.807, 2.05) is 31.2 Å². The molecule has 1 saturated carbocycles. The third kappa shape index (κ3) is 3.56. The van der Waals surface area contributed by atoms with Crippen LogP contribution in [0.3, 0.4) is 0 Å². The summed E-state index contributed by atoms with van der Waals surface area (Å²) in [5.74, 6) is 0.188. The number of nitrogens with one attached hydrogen (secondary N) is 1. The number of carbonyl (C=O) groups excluding carboxylic acids is 2. The number of hydrogen-bond donors (Lipinski definition) is 2. The van der Waals surface area contributed by atoms with E-state index in [0.717, 1.165) is 24.2 Å². The summed E-state index contributed by atoms with van der Waals surface area (Å²) in [6.07, 6.45) is 6.90. The molecule has 3 rings (SSSR count). The highest BCUT2D eigenvalue weighted by molar-refractivity contribution is 5.94.